The molecule has 0 aliphatic heterocycles. The van der Waals surface area contributed by atoms with Gasteiger partial charge in [0.2, 0.25) is 0 Å². The molecule has 0 bridgehead atoms. The van der Waals surface area contributed by atoms with Crippen LogP contribution >= 0.6 is 22.7 Å². The lowest BCUT2D eigenvalue weighted by Crippen LogP contribution is -2.12. The summed E-state index contributed by atoms with van der Waals surface area (Å²) in [4.78, 5) is 25.3. The molecule has 0 spiro atoms. The van der Waals surface area contributed by atoms with E-state index in [2.05, 4.69) is 5.32 Å². The Balaban J connectivity index is 2.22. The number of hydrogen-bond acceptors (Lipinski definition) is 4. The number of carbonyl (C=O) groups excluding carboxylic acids is 2. The summed E-state index contributed by atoms with van der Waals surface area (Å²) < 4.78 is 0. The minimum Gasteiger partial charge on any atom is -0.365 e. The first-order valence-corrected chi connectivity index (χ1v) is 7.50. The van der Waals surface area contributed by atoms with Gasteiger partial charge < -0.3 is 11.1 Å². The first kappa shape index (κ1) is 13.8. The predicted molar refractivity (Wildman–Crippen MR) is 79.2 cm³/mol. The van der Waals surface area contributed by atoms with E-state index in [4.69, 9.17) is 5.73 Å². The number of hydrogen-bond donors (Lipinski definition) is 2. The van der Waals surface area contributed by atoms with Gasteiger partial charge >= 0.3 is 0 Å². The van der Waals surface area contributed by atoms with Crippen LogP contribution in [-0.2, 0) is 6.42 Å². The third-order valence-electron chi connectivity index (χ3n) is 2.74. The quantitative estimate of drug-likeness (QED) is 0.909. The topological polar surface area (TPSA) is 72.2 Å². The molecule has 0 saturated heterocycles. The zero-order valence-electron chi connectivity index (χ0n) is 10.6. The SMILES string of the molecule is CCc1ccsc1C(=O)Nc1cc(C(N)=O)sc1C. The second-order valence-electron chi connectivity index (χ2n) is 4.03. The molecule has 2 amide bonds. The summed E-state index contributed by atoms with van der Waals surface area (Å²) >= 11 is 2.71. The number of thiophene rings is 2. The van der Waals surface area contributed by atoms with Crippen molar-refractivity contribution in [3.05, 3.63) is 37.7 Å². The van der Waals surface area contributed by atoms with Gasteiger partial charge in [-0.1, -0.05) is 6.92 Å². The van der Waals surface area contributed by atoms with E-state index in [1.165, 1.54) is 22.7 Å². The molecule has 19 heavy (non-hydrogen) atoms. The number of nitrogens with one attached hydrogen (secondary N) is 1. The van der Waals surface area contributed by atoms with Gasteiger partial charge in [-0.3, -0.25) is 9.59 Å². The lowest BCUT2D eigenvalue weighted by molar-refractivity contribution is 0.1000. The number of carbonyl (C=O) groups is 2. The Labute approximate surface area is 119 Å². The maximum atomic E-state index is 12.2. The van der Waals surface area contributed by atoms with Crippen molar-refractivity contribution in [2.45, 2.75) is 20.3 Å². The molecule has 0 aliphatic carbocycles. The van der Waals surface area contributed by atoms with Crippen molar-refractivity contribution in [3.63, 3.8) is 0 Å². The van der Waals surface area contributed by atoms with Crippen LogP contribution in [0.5, 0.6) is 0 Å². The monoisotopic (exact) mass is 294 g/mol. The standard InChI is InChI=1S/C13H14N2O2S2/c1-3-8-4-5-18-11(8)13(17)15-9-6-10(12(14)16)19-7(9)2/h4-6H,3H2,1-2H3,(H2,14,16)(H,15,17). The number of amides is 2. The molecule has 4 nitrogen and oxygen atoms in total. The van der Waals surface area contributed by atoms with Gasteiger partial charge in [-0.15, -0.1) is 22.7 Å². The lowest BCUT2D eigenvalue weighted by atomic mass is 10.2. The molecule has 2 aromatic heterocycles. The number of anilines is 1. The van der Waals surface area contributed by atoms with E-state index in [9.17, 15) is 9.59 Å². The third-order valence-corrected chi connectivity index (χ3v) is 4.76. The van der Waals surface area contributed by atoms with Crippen molar-refractivity contribution in [1.82, 2.24) is 0 Å². The van der Waals surface area contributed by atoms with Gasteiger partial charge in [0, 0.05) is 4.88 Å². The van der Waals surface area contributed by atoms with E-state index in [-0.39, 0.29) is 5.91 Å². The molecular weight excluding hydrogens is 280 g/mol. The molecule has 3 N–H and O–H groups in total. The molecule has 0 aliphatic rings. The normalized spacial score (nSPS) is 10.4. The Bertz CT molecular complexity index is 628. The first-order valence-electron chi connectivity index (χ1n) is 5.81. The third kappa shape index (κ3) is 2.85. The average Bonchev–Trinajstić information content (AvgIpc) is 2.96. The van der Waals surface area contributed by atoms with Gasteiger partial charge in [-0.2, -0.15) is 0 Å². The second kappa shape index (κ2) is 5.54. The van der Waals surface area contributed by atoms with Gasteiger partial charge in [0.15, 0.2) is 0 Å². The molecule has 2 aromatic rings. The number of aryl methyl sites for hydroxylation is 2. The maximum absolute atomic E-state index is 12.2. The average molecular weight is 294 g/mol. The molecule has 6 heteroatoms. The van der Waals surface area contributed by atoms with Gasteiger partial charge in [0.1, 0.15) is 0 Å². The maximum Gasteiger partial charge on any atom is 0.266 e. The van der Waals surface area contributed by atoms with E-state index in [0.29, 0.717) is 15.4 Å². The fourth-order valence-electron chi connectivity index (χ4n) is 1.72. The van der Waals surface area contributed by atoms with E-state index >= 15 is 0 Å². The van der Waals surface area contributed by atoms with Crippen LogP contribution in [0.2, 0.25) is 0 Å². The van der Waals surface area contributed by atoms with Gasteiger partial charge in [0.25, 0.3) is 11.8 Å². The van der Waals surface area contributed by atoms with Crippen molar-refractivity contribution in [1.29, 1.82) is 0 Å². The van der Waals surface area contributed by atoms with Gasteiger partial charge in [0.05, 0.1) is 15.4 Å². The zero-order valence-corrected chi connectivity index (χ0v) is 12.3. The Morgan fingerprint density at radius 2 is 2.16 bits per heavy atom. The summed E-state index contributed by atoms with van der Waals surface area (Å²) in [5, 5.41) is 4.74. The van der Waals surface area contributed by atoms with Crippen LogP contribution in [0.25, 0.3) is 0 Å². The zero-order chi connectivity index (χ0) is 14.0. The molecule has 2 heterocycles. The minimum atomic E-state index is -0.473. The highest BCUT2D eigenvalue weighted by Crippen LogP contribution is 2.27. The first-order chi connectivity index (χ1) is 9.02. The van der Waals surface area contributed by atoms with E-state index < -0.39 is 5.91 Å². The molecule has 0 radical (unpaired) electrons. The van der Waals surface area contributed by atoms with E-state index in [1.54, 1.807) is 6.07 Å². The molecule has 0 saturated carbocycles. The van der Waals surface area contributed by atoms with Crippen LogP contribution in [0, 0.1) is 6.92 Å². The molecule has 0 aromatic carbocycles. The Morgan fingerprint density at radius 1 is 1.42 bits per heavy atom. The van der Waals surface area contributed by atoms with Gasteiger partial charge in [-0.25, -0.2) is 0 Å². The summed E-state index contributed by atoms with van der Waals surface area (Å²) in [6.45, 7) is 3.86. The van der Waals surface area contributed by atoms with Crippen LogP contribution in [0.1, 0.15) is 36.7 Å². The molecule has 0 unspecified atom stereocenters. The van der Waals surface area contributed by atoms with E-state index in [1.807, 2.05) is 25.3 Å². The van der Waals surface area contributed by atoms with Crippen LogP contribution in [0.3, 0.4) is 0 Å². The van der Waals surface area contributed by atoms with Crippen LogP contribution in [0.4, 0.5) is 5.69 Å². The second-order valence-corrected chi connectivity index (χ2v) is 6.20. The Kier molecular flexibility index (Phi) is 4.01. The fourth-order valence-corrected chi connectivity index (χ4v) is 3.44. The Morgan fingerprint density at radius 3 is 2.74 bits per heavy atom. The summed E-state index contributed by atoms with van der Waals surface area (Å²) in [5.74, 6) is -0.609. The van der Waals surface area contributed by atoms with E-state index in [0.717, 1.165) is 16.9 Å². The summed E-state index contributed by atoms with van der Waals surface area (Å²) in [6.07, 6.45) is 0.821. The van der Waals surface area contributed by atoms with Crippen molar-refractivity contribution in [2.75, 3.05) is 5.32 Å². The number of primary amides is 1. The molecule has 2 rings (SSSR count). The molecule has 0 fully saturated rings. The number of rotatable bonds is 4. The predicted octanol–water partition coefficient (Wildman–Crippen LogP) is 3.03. The van der Waals surface area contributed by atoms with Crippen molar-refractivity contribution < 1.29 is 9.59 Å². The fraction of sp³-hybridized carbons (Fsp3) is 0.231. The van der Waals surface area contributed by atoms with Crippen molar-refractivity contribution in [2.24, 2.45) is 5.73 Å². The van der Waals surface area contributed by atoms with Crippen LogP contribution in [0.15, 0.2) is 17.5 Å². The molecule has 100 valence electrons. The summed E-state index contributed by atoms with van der Waals surface area (Å²) in [5.41, 5.74) is 6.91. The number of nitrogens with two attached hydrogens (primary N) is 1. The highest BCUT2D eigenvalue weighted by molar-refractivity contribution is 7.14. The molecular formula is C13H14N2O2S2. The lowest BCUT2D eigenvalue weighted by Gasteiger charge is -2.04. The van der Waals surface area contributed by atoms with Gasteiger partial charge in [-0.05, 0) is 36.4 Å². The smallest absolute Gasteiger partial charge is 0.266 e. The van der Waals surface area contributed by atoms with Crippen LogP contribution in [-0.4, -0.2) is 11.8 Å². The van der Waals surface area contributed by atoms with Crippen molar-refractivity contribution in [3.8, 4) is 0 Å². The summed E-state index contributed by atoms with van der Waals surface area (Å²) in [7, 11) is 0. The largest absolute Gasteiger partial charge is 0.365 e. The Hall–Kier alpha value is -1.66. The summed E-state index contributed by atoms with van der Waals surface area (Å²) in [6, 6.07) is 3.58. The van der Waals surface area contributed by atoms with Crippen molar-refractivity contribution >= 4 is 40.2 Å². The minimum absolute atomic E-state index is 0.135. The highest BCUT2D eigenvalue weighted by atomic mass is 32.1. The highest BCUT2D eigenvalue weighted by Gasteiger charge is 2.15. The molecule has 0 atom stereocenters. The van der Waals surface area contributed by atoms with Crippen LogP contribution < -0.4 is 11.1 Å².